The summed E-state index contributed by atoms with van der Waals surface area (Å²) in [6.45, 7) is 9.97. The molecule has 1 atom stereocenters. The lowest BCUT2D eigenvalue weighted by atomic mass is 10.2. The lowest BCUT2D eigenvalue weighted by molar-refractivity contribution is -0.138. The molecule has 14 nitrogen and oxygen atoms in total. The minimum absolute atomic E-state index is 0.0224. The Hall–Kier alpha value is -4.58. The van der Waals surface area contributed by atoms with Crippen LogP contribution in [0.3, 0.4) is 0 Å². The van der Waals surface area contributed by atoms with Gasteiger partial charge in [0.2, 0.25) is 11.9 Å². The van der Waals surface area contributed by atoms with Crippen molar-refractivity contribution in [2.24, 2.45) is 4.99 Å². The molecule has 15 heteroatoms. The summed E-state index contributed by atoms with van der Waals surface area (Å²) in [6, 6.07) is 16.5. The number of guanidine groups is 1. The van der Waals surface area contributed by atoms with Gasteiger partial charge in [-0.2, -0.15) is 0 Å². The predicted octanol–water partition coefficient (Wildman–Crippen LogP) is 5.83. The number of alkyl carbamates (subject to hydrolysis) is 2. The van der Waals surface area contributed by atoms with Crippen LogP contribution in [-0.4, -0.2) is 58.7 Å². The first-order chi connectivity index (χ1) is 21.4. The molecule has 0 fully saturated rings. The van der Waals surface area contributed by atoms with Crippen LogP contribution in [-0.2, 0) is 23.6 Å². The van der Waals surface area contributed by atoms with Crippen molar-refractivity contribution in [3.05, 3.63) is 60.7 Å². The van der Waals surface area contributed by atoms with Crippen molar-refractivity contribution in [2.75, 3.05) is 6.54 Å². The number of carbonyl (C=O) groups is 4. The standard InChI is InChI=1S/C31H43N4O10P/c1-30(2,3)42-28(39)34-27(35-29(40)43-31(4,5)6)32-21-13-18-25(33-24(36)19-20-26(37)38)46(41,44-22-14-9-7-10-15-22)45-23-16-11-8-12-17-23/h7-12,14-17,25H,13,18-21H2,1-6H3,(H,33,36)(H,37,38)(H2,32,34,35,39,40). The topological polar surface area (TPSA) is 191 Å². The number of aliphatic imine (C=N–C) groups is 1. The smallest absolute Gasteiger partial charge is 0.452 e. The molecule has 0 aliphatic rings. The van der Waals surface area contributed by atoms with E-state index in [4.69, 9.17) is 23.6 Å². The first kappa shape index (κ1) is 37.6. The number of carboxylic acids is 1. The first-order valence-corrected chi connectivity index (χ1v) is 16.2. The third-order valence-corrected chi connectivity index (χ3v) is 7.45. The molecule has 0 spiro atoms. The van der Waals surface area contributed by atoms with E-state index in [0.29, 0.717) is 0 Å². The van der Waals surface area contributed by atoms with E-state index in [0.717, 1.165) is 0 Å². The SMILES string of the molecule is CC(C)(C)OC(=O)NC(=NCCCC(NC(=O)CCC(=O)O)P(=O)(Oc1ccccc1)Oc1ccccc1)NC(=O)OC(C)(C)C. The maximum Gasteiger partial charge on any atom is 0.452 e. The Morgan fingerprint density at radius 2 is 1.24 bits per heavy atom. The molecule has 0 radical (unpaired) electrons. The van der Waals surface area contributed by atoms with E-state index < -0.39 is 55.1 Å². The summed E-state index contributed by atoms with van der Waals surface area (Å²) in [7, 11) is -4.24. The summed E-state index contributed by atoms with van der Waals surface area (Å²) in [5.74, 6) is -2.92. The molecule has 252 valence electrons. The average Bonchev–Trinajstić information content (AvgIpc) is 2.92. The second-order valence-corrected chi connectivity index (χ2v) is 14.0. The van der Waals surface area contributed by atoms with Gasteiger partial charge >= 0.3 is 25.8 Å². The van der Waals surface area contributed by atoms with Gasteiger partial charge in [0.05, 0.1) is 6.42 Å². The number of rotatable bonds is 13. The van der Waals surface area contributed by atoms with Gasteiger partial charge in [0, 0.05) is 13.0 Å². The molecule has 0 saturated carbocycles. The molecular weight excluding hydrogens is 619 g/mol. The molecule has 2 aromatic rings. The van der Waals surface area contributed by atoms with Crippen LogP contribution >= 0.6 is 7.60 Å². The van der Waals surface area contributed by atoms with Crippen molar-refractivity contribution in [3.63, 3.8) is 0 Å². The number of carbonyl (C=O) groups excluding carboxylic acids is 3. The predicted molar refractivity (Wildman–Crippen MR) is 171 cm³/mol. The summed E-state index contributed by atoms with van der Waals surface area (Å²) in [5.41, 5.74) is -1.66. The number of hydrogen-bond acceptors (Lipinski definition) is 10. The van der Waals surface area contributed by atoms with E-state index in [9.17, 15) is 23.7 Å². The highest BCUT2D eigenvalue weighted by Crippen LogP contribution is 2.53. The molecule has 2 aromatic carbocycles. The highest BCUT2D eigenvalue weighted by molar-refractivity contribution is 7.55. The van der Waals surface area contributed by atoms with Crippen LogP contribution in [0.1, 0.15) is 67.2 Å². The lowest BCUT2D eigenvalue weighted by Crippen LogP contribution is -2.47. The molecule has 0 aliphatic carbocycles. The van der Waals surface area contributed by atoms with Crippen LogP contribution in [0.4, 0.5) is 9.59 Å². The largest absolute Gasteiger partial charge is 0.481 e. The van der Waals surface area contributed by atoms with Crippen LogP contribution in [0, 0.1) is 0 Å². The Balaban J connectivity index is 2.34. The van der Waals surface area contributed by atoms with Gasteiger partial charge in [-0.25, -0.2) is 14.2 Å². The zero-order chi connectivity index (χ0) is 34.4. The van der Waals surface area contributed by atoms with E-state index in [-0.39, 0.29) is 43.3 Å². The Morgan fingerprint density at radius 1 is 0.783 bits per heavy atom. The van der Waals surface area contributed by atoms with Gasteiger partial charge in [-0.05, 0) is 78.6 Å². The van der Waals surface area contributed by atoms with Gasteiger partial charge in [-0.3, -0.25) is 25.2 Å². The monoisotopic (exact) mass is 662 g/mol. The van der Waals surface area contributed by atoms with Crippen LogP contribution < -0.4 is 25.0 Å². The number of aliphatic carboxylic acids is 1. The molecule has 4 N–H and O–H groups in total. The molecular formula is C31H43N4O10P. The van der Waals surface area contributed by atoms with E-state index >= 15 is 0 Å². The minimum atomic E-state index is -4.24. The molecule has 0 saturated heterocycles. The van der Waals surface area contributed by atoms with Crippen LogP contribution in [0.15, 0.2) is 65.7 Å². The fourth-order valence-electron chi connectivity index (χ4n) is 3.58. The van der Waals surface area contributed by atoms with Crippen LogP contribution in [0.25, 0.3) is 0 Å². The molecule has 0 aromatic heterocycles. The Labute approximate surface area is 268 Å². The van der Waals surface area contributed by atoms with Crippen molar-refractivity contribution in [3.8, 4) is 11.5 Å². The second kappa shape index (κ2) is 17.2. The number of carboxylic acid groups (broad SMARTS) is 1. The number of ether oxygens (including phenoxy) is 2. The fraction of sp³-hybridized carbons (Fsp3) is 0.452. The van der Waals surface area contributed by atoms with Gasteiger partial charge in [0.25, 0.3) is 0 Å². The zero-order valence-corrected chi connectivity index (χ0v) is 27.8. The van der Waals surface area contributed by atoms with Crippen molar-refractivity contribution < 1.29 is 47.4 Å². The number of nitrogens with one attached hydrogen (secondary N) is 3. The van der Waals surface area contributed by atoms with E-state index in [1.807, 2.05) is 0 Å². The second-order valence-electron chi connectivity index (χ2n) is 12.0. The highest BCUT2D eigenvalue weighted by Gasteiger charge is 2.40. The number of benzene rings is 2. The van der Waals surface area contributed by atoms with Gasteiger partial charge < -0.3 is 28.9 Å². The third kappa shape index (κ3) is 15.4. The summed E-state index contributed by atoms with van der Waals surface area (Å²) in [4.78, 5) is 52.9. The fourth-order valence-corrected chi connectivity index (χ4v) is 5.50. The Bertz CT molecular complexity index is 1310. The zero-order valence-electron chi connectivity index (χ0n) is 26.9. The van der Waals surface area contributed by atoms with Crippen LogP contribution in [0.5, 0.6) is 11.5 Å². The highest BCUT2D eigenvalue weighted by atomic mass is 31.2. The van der Waals surface area contributed by atoms with E-state index in [2.05, 4.69) is 20.9 Å². The Morgan fingerprint density at radius 3 is 1.65 bits per heavy atom. The molecule has 1 unspecified atom stereocenters. The first-order valence-electron chi connectivity index (χ1n) is 14.6. The maximum absolute atomic E-state index is 14.5. The quantitative estimate of drug-likeness (QED) is 0.0878. The minimum Gasteiger partial charge on any atom is -0.481 e. The molecule has 2 rings (SSSR count). The molecule has 0 heterocycles. The van der Waals surface area contributed by atoms with Crippen molar-refractivity contribution in [1.82, 2.24) is 16.0 Å². The number of nitrogens with zero attached hydrogens (tertiary/aromatic N) is 1. The normalized spacial score (nSPS) is 12.1. The molecule has 0 aliphatic heterocycles. The van der Waals surface area contributed by atoms with Gasteiger partial charge in [-0.1, -0.05) is 36.4 Å². The van der Waals surface area contributed by atoms with E-state index in [1.165, 1.54) is 0 Å². The summed E-state index contributed by atoms with van der Waals surface area (Å²) >= 11 is 0. The van der Waals surface area contributed by atoms with Crippen LogP contribution in [0.2, 0.25) is 0 Å². The van der Waals surface area contributed by atoms with Gasteiger partial charge in [0.15, 0.2) is 5.78 Å². The van der Waals surface area contributed by atoms with Gasteiger partial charge in [0.1, 0.15) is 22.7 Å². The molecule has 3 amide bonds. The lowest BCUT2D eigenvalue weighted by Gasteiger charge is -2.28. The number of amides is 3. The summed E-state index contributed by atoms with van der Waals surface area (Å²) in [6.07, 6.45) is -2.44. The summed E-state index contributed by atoms with van der Waals surface area (Å²) < 4.78 is 36.7. The van der Waals surface area contributed by atoms with E-state index in [1.54, 1.807) is 102 Å². The number of hydrogen-bond donors (Lipinski definition) is 4. The van der Waals surface area contributed by atoms with Crippen molar-refractivity contribution in [1.29, 1.82) is 0 Å². The van der Waals surface area contributed by atoms with Crippen molar-refractivity contribution in [2.45, 2.75) is 84.2 Å². The number of para-hydroxylation sites is 2. The molecule has 0 bridgehead atoms. The van der Waals surface area contributed by atoms with Crippen molar-refractivity contribution >= 4 is 37.6 Å². The average molecular weight is 663 g/mol. The third-order valence-electron chi connectivity index (χ3n) is 5.37. The molecule has 46 heavy (non-hydrogen) atoms. The maximum atomic E-state index is 14.5. The van der Waals surface area contributed by atoms with Gasteiger partial charge in [-0.15, -0.1) is 0 Å². The summed E-state index contributed by atoms with van der Waals surface area (Å²) in [5, 5.41) is 16.4. The Kier molecular flexibility index (Phi) is 14.1.